The average Bonchev–Trinajstić information content (AvgIpc) is 2.80. The summed E-state index contributed by atoms with van der Waals surface area (Å²) in [5.74, 6) is 0.588. The van der Waals surface area contributed by atoms with Crippen molar-refractivity contribution >= 4 is 17.6 Å². The van der Waals surface area contributed by atoms with Crippen LogP contribution in [0.1, 0.15) is 46.1 Å². The number of carbonyl (C=O) groups excluding carboxylic acids is 2. The number of aromatic amines is 1. The van der Waals surface area contributed by atoms with Crippen LogP contribution in [0.25, 0.3) is 0 Å². The van der Waals surface area contributed by atoms with Crippen LogP contribution in [0.4, 0.5) is 5.82 Å². The molecule has 3 N–H and O–H groups in total. The number of aryl methyl sites for hydroxylation is 1. The van der Waals surface area contributed by atoms with E-state index in [1.807, 2.05) is 27.7 Å². The SMILES string of the molecule is CCc1cn[nH]c1NC(=O)CCCNC(=O)C(C)(C)C. The molecule has 2 amide bonds. The number of aromatic nitrogens is 2. The van der Waals surface area contributed by atoms with E-state index in [2.05, 4.69) is 20.8 Å². The minimum atomic E-state index is -0.395. The summed E-state index contributed by atoms with van der Waals surface area (Å²) >= 11 is 0. The van der Waals surface area contributed by atoms with Gasteiger partial charge in [-0.3, -0.25) is 14.7 Å². The zero-order valence-corrected chi connectivity index (χ0v) is 12.7. The number of H-pyrrole nitrogens is 1. The van der Waals surface area contributed by atoms with Gasteiger partial charge in [0.2, 0.25) is 11.8 Å². The van der Waals surface area contributed by atoms with Crippen molar-refractivity contribution in [1.82, 2.24) is 15.5 Å². The lowest BCUT2D eigenvalue weighted by atomic mass is 9.96. The van der Waals surface area contributed by atoms with Gasteiger partial charge in [-0.1, -0.05) is 27.7 Å². The van der Waals surface area contributed by atoms with Gasteiger partial charge >= 0.3 is 0 Å². The highest BCUT2D eigenvalue weighted by molar-refractivity contribution is 5.90. The Balaban J connectivity index is 2.26. The lowest BCUT2D eigenvalue weighted by Gasteiger charge is -2.17. The first-order valence-corrected chi connectivity index (χ1v) is 6.95. The van der Waals surface area contributed by atoms with Crippen molar-refractivity contribution in [3.05, 3.63) is 11.8 Å². The number of nitrogens with zero attached hydrogens (tertiary/aromatic N) is 1. The predicted octanol–water partition coefficient (Wildman–Crippen LogP) is 1.85. The van der Waals surface area contributed by atoms with E-state index in [4.69, 9.17) is 0 Å². The van der Waals surface area contributed by atoms with Crippen LogP contribution in [0.15, 0.2) is 6.20 Å². The molecular weight excluding hydrogens is 256 g/mol. The molecule has 0 saturated heterocycles. The summed E-state index contributed by atoms with van der Waals surface area (Å²) in [5.41, 5.74) is 0.591. The maximum atomic E-state index is 11.7. The van der Waals surface area contributed by atoms with Crippen LogP contribution in [0.3, 0.4) is 0 Å². The van der Waals surface area contributed by atoms with E-state index in [-0.39, 0.29) is 11.8 Å². The topological polar surface area (TPSA) is 86.9 Å². The zero-order valence-electron chi connectivity index (χ0n) is 12.7. The maximum Gasteiger partial charge on any atom is 0.225 e. The molecule has 0 spiro atoms. The van der Waals surface area contributed by atoms with Gasteiger partial charge in [-0.2, -0.15) is 5.10 Å². The standard InChI is InChI=1S/C14H24N4O2/c1-5-10-9-16-18-12(10)17-11(19)7-6-8-15-13(20)14(2,3)4/h9H,5-8H2,1-4H3,(H,15,20)(H2,16,17,18,19). The summed E-state index contributed by atoms with van der Waals surface area (Å²) in [6.45, 7) is 8.09. The fraction of sp³-hybridized carbons (Fsp3) is 0.643. The molecule has 6 nitrogen and oxygen atoms in total. The molecule has 0 aromatic carbocycles. The fourth-order valence-electron chi connectivity index (χ4n) is 1.61. The monoisotopic (exact) mass is 280 g/mol. The molecule has 20 heavy (non-hydrogen) atoms. The zero-order chi connectivity index (χ0) is 15.2. The number of hydrogen-bond donors (Lipinski definition) is 3. The first-order chi connectivity index (χ1) is 9.34. The third-order valence-corrected chi connectivity index (χ3v) is 2.91. The molecule has 1 aromatic heterocycles. The molecule has 0 aliphatic rings. The molecule has 0 bridgehead atoms. The molecule has 112 valence electrons. The van der Waals surface area contributed by atoms with Crippen LogP contribution in [0.5, 0.6) is 0 Å². The minimum absolute atomic E-state index is 0.000236. The normalized spacial score (nSPS) is 11.2. The largest absolute Gasteiger partial charge is 0.356 e. The number of anilines is 1. The van der Waals surface area contributed by atoms with E-state index in [0.29, 0.717) is 25.2 Å². The van der Waals surface area contributed by atoms with Crippen LogP contribution in [-0.4, -0.2) is 28.6 Å². The third kappa shape index (κ3) is 5.03. The third-order valence-electron chi connectivity index (χ3n) is 2.91. The highest BCUT2D eigenvalue weighted by Gasteiger charge is 2.20. The van der Waals surface area contributed by atoms with Crippen molar-refractivity contribution in [2.75, 3.05) is 11.9 Å². The van der Waals surface area contributed by atoms with Gasteiger partial charge in [0, 0.05) is 23.9 Å². The Hall–Kier alpha value is -1.85. The molecule has 0 fully saturated rings. The Morgan fingerprint density at radius 2 is 2.05 bits per heavy atom. The Kier molecular flexibility index (Phi) is 5.73. The van der Waals surface area contributed by atoms with Crippen LogP contribution in [-0.2, 0) is 16.0 Å². The second-order valence-corrected chi connectivity index (χ2v) is 5.78. The van der Waals surface area contributed by atoms with Gasteiger partial charge in [0.15, 0.2) is 0 Å². The second kappa shape index (κ2) is 7.07. The first-order valence-electron chi connectivity index (χ1n) is 6.95. The summed E-state index contributed by atoms with van der Waals surface area (Å²) < 4.78 is 0. The van der Waals surface area contributed by atoms with E-state index >= 15 is 0 Å². The lowest BCUT2D eigenvalue weighted by Crippen LogP contribution is -2.35. The number of rotatable bonds is 6. The maximum absolute atomic E-state index is 11.7. The summed E-state index contributed by atoms with van der Waals surface area (Å²) in [7, 11) is 0. The Bertz CT molecular complexity index is 460. The van der Waals surface area contributed by atoms with E-state index < -0.39 is 5.41 Å². The van der Waals surface area contributed by atoms with Crippen LogP contribution in [0, 0.1) is 5.41 Å². The summed E-state index contributed by atoms with van der Waals surface area (Å²) in [6.07, 6.45) is 3.50. The first kappa shape index (κ1) is 16.2. The van der Waals surface area contributed by atoms with Gasteiger partial charge in [0.1, 0.15) is 5.82 Å². The molecule has 0 aliphatic carbocycles. The highest BCUT2D eigenvalue weighted by Crippen LogP contribution is 2.13. The van der Waals surface area contributed by atoms with Crippen molar-refractivity contribution in [1.29, 1.82) is 0 Å². The molecule has 1 aromatic rings. The Labute approximate surface area is 119 Å². The molecule has 6 heteroatoms. The van der Waals surface area contributed by atoms with Gasteiger partial charge in [0.05, 0.1) is 6.20 Å². The predicted molar refractivity (Wildman–Crippen MR) is 78.3 cm³/mol. The van der Waals surface area contributed by atoms with Crippen LogP contribution >= 0.6 is 0 Å². The number of amides is 2. The second-order valence-electron chi connectivity index (χ2n) is 5.78. The Morgan fingerprint density at radius 3 is 2.65 bits per heavy atom. The quantitative estimate of drug-likeness (QED) is 0.695. The van der Waals surface area contributed by atoms with Gasteiger partial charge in [-0.05, 0) is 12.8 Å². The molecule has 1 rings (SSSR count). The molecule has 0 unspecified atom stereocenters. The molecule has 1 heterocycles. The van der Waals surface area contributed by atoms with E-state index in [9.17, 15) is 9.59 Å². The number of nitrogens with one attached hydrogen (secondary N) is 3. The summed E-state index contributed by atoms with van der Waals surface area (Å²) in [6, 6.07) is 0. The smallest absolute Gasteiger partial charge is 0.225 e. The molecule has 0 atom stereocenters. The molecular formula is C14H24N4O2. The van der Waals surface area contributed by atoms with Crippen molar-refractivity contribution in [2.24, 2.45) is 5.41 Å². The molecule has 0 aliphatic heterocycles. The lowest BCUT2D eigenvalue weighted by molar-refractivity contribution is -0.128. The van der Waals surface area contributed by atoms with Gasteiger partial charge < -0.3 is 10.6 Å². The number of hydrogen-bond acceptors (Lipinski definition) is 3. The van der Waals surface area contributed by atoms with Gasteiger partial charge in [0.25, 0.3) is 0 Å². The van der Waals surface area contributed by atoms with E-state index in [1.54, 1.807) is 6.20 Å². The fourth-order valence-corrected chi connectivity index (χ4v) is 1.61. The van der Waals surface area contributed by atoms with Crippen LogP contribution < -0.4 is 10.6 Å². The summed E-state index contributed by atoms with van der Waals surface area (Å²) in [5, 5.41) is 12.3. The highest BCUT2D eigenvalue weighted by atomic mass is 16.2. The minimum Gasteiger partial charge on any atom is -0.356 e. The van der Waals surface area contributed by atoms with Crippen molar-refractivity contribution < 1.29 is 9.59 Å². The molecule has 0 saturated carbocycles. The van der Waals surface area contributed by atoms with E-state index in [1.165, 1.54) is 0 Å². The average molecular weight is 280 g/mol. The van der Waals surface area contributed by atoms with Crippen molar-refractivity contribution in [3.8, 4) is 0 Å². The van der Waals surface area contributed by atoms with Crippen molar-refractivity contribution in [3.63, 3.8) is 0 Å². The summed E-state index contributed by atoms with van der Waals surface area (Å²) in [4.78, 5) is 23.4. The molecule has 0 radical (unpaired) electrons. The number of carbonyl (C=O) groups is 2. The van der Waals surface area contributed by atoms with Gasteiger partial charge in [-0.25, -0.2) is 0 Å². The van der Waals surface area contributed by atoms with Crippen LogP contribution in [0.2, 0.25) is 0 Å². The van der Waals surface area contributed by atoms with Gasteiger partial charge in [-0.15, -0.1) is 0 Å². The van der Waals surface area contributed by atoms with E-state index in [0.717, 1.165) is 12.0 Å². The van der Waals surface area contributed by atoms with Crippen molar-refractivity contribution in [2.45, 2.75) is 47.0 Å². The Morgan fingerprint density at radius 1 is 1.35 bits per heavy atom.